The van der Waals surface area contributed by atoms with E-state index in [9.17, 15) is 9.59 Å². The molecular formula is C23H31N5O3. The summed E-state index contributed by atoms with van der Waals surface area (Å²) in [4.78, 5) is 31.5. The zero-order valence-electron chi connectivity index (χ0n) is 18.3. The summed E-state index contributed by atoms with van der Waals surface area (Å²) in [5, 5.41) is 10.4. The van der Waals surface area contributed by atoms with E-state index in [4.69, 9.17) is 4.74 Å². The quantitative estimate of drug-likeness (QED) is 0.767. The fraction of sp³-hybridized carbons (Fsp3) is 0.565. The number of carbonyl (C=O) groups excluding carboxylic acids is 2. The zero-order chi connectivity index (χ0) is 21.8. The normalized spacial score (nSPS) is 22.2. The van der Waals surface area contributed by atoms with Crippen LogP contribution in [-0.4, -0.2) is 58.1 Å². The van der Waals surface area contributed by atoms with Crippen molar-refractivity contribution in [3.05, 3.63) is 30.1 Å². The van der Waals surface area contributed by atoms with Crippen LogP contribution in [0, 0.1) is 11.8 Å². The minimum Gasteiger partial charge on any atom is -0.481 e. The molecule has 2 aliphatic rings. The summed E-state index contributed by atoms with van der Waals surface area (Å²) in [6.07, 6.45) is 7.58. The van der Waals surface area contributed by atoms with Crippen molar-refractivity contribution < 1.29 is 14.3 Å². The summed E-state index contributed by atoms with van der Waals surface area (Å²) >= 11 is 0. The maximum Gasteiger partial charge on any atom is 0.271 e. The molecule has 1 saturated heterocycles. The third kappa shape index (κ3) is 5.06. The van der Waals surface area contributed by atoms with Crippen molar-refractivity contribution in [1.29, 1.82) is 0 Å². The van der Waals surface area contributed by atoms with Crippen molar-refractivity contribution in [2.45, 2.75) is 51.5 Å². The molecule has 0 bridgehead atoms. The van der Waals surface area contributed by atoms with Gasteiger partial charge in [-0.15, -0.1) is 0 Å². The first-order valence-electron chi connectivity index (χ1n) is 11.2. The van der Waals surface area contributed by atoms with Gasteiger partial charge in [0.05, 0.1) is 12.8 Å². The highest BCUT2D eigenvalue weighted by molar-refractivity contribution is 5.93. The second-order valence-corrected chi connectivity index (χ2v) is 8.79. The van der Waals surface area contributed by atoms with E-state index in [0.717, 1.165) is 24.3 Å². The predicted molar refractivity (Wildman–Crippen MR) is 117 cm³/mol. The molecule has 1 saturated carbocycles. The first-order chi connectivity index (χ1) is 15.0. The molecule has 0 unspecified atom stereocenters. The van der Waals surface area contributed by atoms with Crippen LogP contribution in [0.3, 0.4) is 0 Å². The maximum atomic E-state index is 12.9. The summed E-state index contributed by atoms with van der Waals surface area (Å²) in [6, 6.07) is 5.67. The number of nitrogens with one attached hydrogen (secondary N) is 2. The highest BCUT2D eigenvalue weighted by Gasteiger charge is 2.30. The van der Waals surface area contributed by atoms with E-state index in [0.29, 0.717) is 49.2 Å². The van der Waals surface area contributed by atoms with Crippen molar-refractivity contribution in [2.75, 3.05) is 20.2 Å². The third-order valence-electron chi connectivity index (χ3n) is 6.56. The van der Waals surface area contributed by atoms with Crippen molar-refractivity contribution in [3.63, 3.8) is 0 Å². The van der Waals surface area contributed by atoms with Gasteiger partial charge >= 0.3 is 0 Å². The number of likely N-dealkylation sites (tertiary alicyclic amines) is 1. The molecule has 2 aromatic heterocycles. The monoisotopic (exact) mass is 425 g/mol. The van der Waals surface area contributed by atoms with E-state index in [-0.39, 0.29) is 17.7 Å². The molecule has 3 heterocycles. The third-order valence-corrected chi connectivity index (χ3v) is 6.56. The van der Waals surface area contributed by atoms with Crippen LogP contribution < -0.4 is 10.1 Å². The molecule has 0 atom stereocenters. The number of nitrogens with zero attached hydrogens (tertiary/aromatic N) is 3. The van der Waals surface area contributed by atoms with Crippen molar-refractivity contribution in [1.82, 2.24) is 25.4 Å². The Morgan fingerprint density at radius 1 is 1.13 bits per heavy atom. The molecule has 0 spiro atoms. The van der Waals surface area contributed by atoms with Gasteiger partial charge in [0.2, 0.25) is 11.8 Å². The van der Waals surface area contributed by atoms with Crippen LogP contribution in [0.2, 0.25) is 0 Å². The molecular weight excluding hydrogens is 394 g/mol. The minimum absolute atomic E-state index is 0.00925. The van der Waals surface area contributed by atoms with E-state index in [1.807, 2.05) is 6.07 Å². The lowest BCUT2D eigenvalue weighted by Gasteiger charge is -2.33. The summed E-state index contributed by atoms with van der Waals surface area (Å²) in [5.41, 5.74) is 1.94. The van der Waals surface area contributed by atoms with Gasteiger partial charge < -0.3 is 15.0 Å². The lowest BCUT2D eigenvalue weighted by Crippen LogP contribution is -2.46. The number of hydrogen-bond acceptors (Lipinski definition) is 5. The average molecular weight is 426 g/mol. The number of rotatable bonds is 5. The number of pyridine rings is 1. The lowest BCUT2D eigenvalue weighted by atomic mass is 9.86. The van der Waals surface area contributed by atoms with E-state index in [1.165, 1.54) is 12.8 Å². The van der Waals surface area contributed by atoms with Gasteiger partial charge in [-0.3, -0.25) is 14.7 Å². The van der Waals surface area contributed by atoms with E-state index < -0.39 is 0 Å². The number of methoxy groups -OCH3 is 1. The van der Waals surface area contributed by atoms with Crippen LogP contribution in [0.15, 0.2) is 24.4 Å². The second-order valence-electron chi connectivity index (χ2n) is 8.79. The number of aromatic nitrogens is 3. The molecule has 8 heteroatoms. The zero-order valence-corrected chi connectivity index (χ0v) is 18.3. The summed E-state index contributed by atoms with van der Waals surface area (Å²) in [5.74, 6) is 1.33. The van der Waals surface area contributed by atoms with Crippen LogP contribution in [0.25, 0.3) is 11.3 Å². The molecule has 2 fully saturated rings. The average Bonchev–Trinajstić information content (AvgIpc) is 3.30. The molecule has 166 valence electrons. The Labute approximate surface area is 182 Å². The predicted octanol–water partition coefficient (Wildman–Crippen LogP) is 3.03. The van der Waals surface area contributed by atoms with Crippen LogP contribution in [0.1, 0.15) is 55.9 Å². The van der Waals surface area contributed by atoms with Crippen molar-refractivity contribution in [2.24, 2.45) is 11.8 Å². The Kier molecular flexibility index (Phi) is 6.53. The number of carbonyl (C=O) groups is 2. The fourth-order valence-electron chi connectivity index (χ4n) is 4.50. The van der Waals surface area contributed by atoms with Gasteiger partial charge in [0.15, 0.2) is 0 Å². The van der Waals surface area contributed by atoms with Crippen molar-refractivity contribution in [3.8, 4) is 17.1 Å². The topological polar surface area (TPSA) is 100 Å². The molecule has 8 nitrogen and oxygen atoms in total. The Balaban J connectivity index is 1.30. The molecule has 4 rings (SSSR count). The van der Waals surface area contributed by atoms with Gasteiger partial charge in [-0.2, -0.15) is 5.10 Å². The number of aromatic amines is 1. The largest absolute Gasteiger partial charge is 0.481 e. The highest BCUT2D eigenvalue weighted by Crippen LogP contribution is 2.26. The van der Waals surface area contributed by atoms with Gasteiger partial charge in [-0.1, -0.05) is 6.92 Å². The SMILES string of the molecule is COc1cc(-c2cc(C(=O)N3CCC(C(=O)NC4CCC(C)CC4)CC3)[nH]n2)ccn1. The Bertz CT molecular complexity index is 911. The molecule has 0 radical (unpaired) electrons. The molecule has 2 N–H and O–H groups in total. The number of ether oxygens (including phenoxy) is 1. The molecule has 2 aromatic rings. The standard InChI is InChI=1S/C23H31N5O3/c1-15-3-5-18(6-4-15)25-22(29)16-8-11-28(12-9-16)23(30)20-14-19(26-27-20)17-7-10-24-21(13-17)31-2/h7,10,13-16,18H,3-6,8-9,11-12H2,1-2H3,(H,25,29)(H,26,27). The summed E-state index contributed by atoms with van der Waals surface area (Å²) in [7, 11) is 1.56. The Morgan fingerprint density at radius 3 is 2.58 bits per heavy atom. The van der Waals surface area contributed by atoms with Gasteiger partial charge in [0.1, 0.15) is 5.69 Å². The Hall–Kier alpha value is -2.90. The van der Waals surface area contributed by atoms with Crippen LogP contribution in [0.5, 0.6) is 5.88 Å². The molecule has 1 aliphatic heterocycles. The number of piperidine rings is 1. The first kappa shape index (κ1) is 21.3. The van der Waals surface area contributed by atoms with Gasteiger partial charge in [-0.25, -0.2) is 4.98 Å². The molecule has 1 aliphatic carbocycles. The lowest BCUT2D eigenvalue weighted by molar-refractivity contribution is -0.127. The van der Waals surface area contributed by atoms with Crippen LogP contribution >= 0.6 is 0 Å². The summed E-state index contributed by atoms with van der Waals surface area (Å²) < 4.78 is 5.15. The second kappa shape index (κ2) is 9.49. The maximum absolute atomic E-state index is 12.9. The Morgan fingerprint density at radius 2 is 1.87 bits per heavy atom. The van der Waals surface area contributed by atoms with Crippen LogP contribution in [-0.2, 0) is 4.79 Å². The van der Waals surface area contributed by atoms with Gasteiger partial charge in [0, 0.05) is 42.9 Å². The van der Waals surface area contributed by atoms with Gasteiger partial charge in [0.25, 0.3) is 5.91 Å². The van der Waals surface area contributed by atoms with E-state index in [1.54, 1.807) is 30.3 Å². The molecule has 2 amide bonds. The summed E-state index contributed by atoms with van der Waals surface area (Å²) in [6.45, 7) is 3.44. The first-order valence-corrected chi connectivity index (χ1v) is 11.2. The van der Waals surface area contributed by atoms with Crippen molar-refractivity contribution >= 4 is 11.8 Å². The molecule has 31 heavy (non-hydrogen) atoms. The minimum atomic E-state index is -0.0834. The number of amides is 2. The fourth-order valence-corrected chi connectivity index (χ4v) is 4.50. The van der Waals surface area contributed by atoms with Crippen LogP contribution in [0.4, 0.5) is 0 Å². The van der Waals surface area contributed by atoms with E-state index >= 15 is 0 Å². The number of H-pyrrole nitrogens is 1. The number of hydrogen-bond donors (Lipinski definition) is 2. The molecule has 0 aromatic carbocycles. The van der Waals surface area contributed by atoms with E-state index in [2.05, 4.69) is 27.4 Å². The highest BCUT2D eigenvalue weighted by atomic mass is 16.5. The smallest absolute Gasteiger partial charge is 0.271 e. The van der Waals surface area contributed by atoms with Gasteiger partial charge in [-0.05, 0) is 56.6 Å².